The molecule has 2 aliphatic heterocycles. The summed E-state index contributed by atoms with van der Waals surface area (Å²) in [7, 11) is -6.19. The smallest absolute Gasteiger partial charge is 0.211 e. The van der Waals surface area contributed by atoms with E-state index >= 15 is 0 Å². The Hall–Kier alpha value is -5.07. The molecule has 8 aromatic rings. The normalized spacial score (nSPS) is 16.7. The number of fused-ring (bicyclic) bond motifs is 4. The number of halogens is 1. The van der Waals surface area contributed by atoms with Crippen molar-refractivity contribution in [2.75, 3.05) is 64.9 Å². The lowest BCUT2D eigenvalue weighted by Crippen LogP contribution is -2.47. The topological polar surface area (TPSA) is 170 Å². The van der Waals surface area contributed by atoms with Gasteiger partial charge in [-0.3, -0.25) is 20.0 Å². The quantitative estimate of drug-likeness (QED) is 0.140. The van der Waals surface area contributed by atoms with Crippen LogP contribution in [0.25, 0.3) is 66.4 Å². The van der Waals surface area contributed by atoms with Crippen molar-refractivity contribution in [1.82, 2.24) is 48.8 Å². The minimum atomic E-state index is -3.10. The summed E-state index contributed by atoms with van der Waals surface area (Å²) in [5.74, 6) is 0. The molecule has 2 saturated heterocycles. The van der Waals surface area contributed by atoms with Crippen LogP contribution < -0.4 is 0 Å². The molecule has 0 radical (unpaired) electrons. The lowest BCUT2D eigenvalue weighted by molar-refractivity contribution is 0.182. The van der Waals surface area contributed by atoms with E-state index in [-0.39, 0.29) is 0 Å². The Labute approximate surface area is 347 Å². The van der Waals surface area contributed by atoms with Crippen molar-refractivity contribution >= 4 is 75.3 Å². The highest BCUT2D eigenvalue weighted by Gasteiger charge is 2.25. The van der Waals surface area contributed by atoms with Gasteiger partial charge < -0.3 is 9.97 Å². The molecule has 17 heteroatoms. The van der Waals surface area contributed by atoms with E-state index in [4.69, 9.17) is 11.6 Å². The molecule has 6 heterocycles. The maximum absolute atomic E-state index is 11.7. The van der Waals surface area contributed by atoms with Gasteiger partial charge in [0.05, 0.1) is 34.9 Å². The summed E-state index contributed by atoms with van der Waals surface area (Å²) in [4.78, 5) is 11.5. The highest BCUT2D eigenvalue weighted by Crippen LogP contribution is 2.32. The van der Waals surface area contributed by atoms with Gasteiger partial charge in [-0.2, -0.15) is 18.8 Å². The van der Waals surface area contributed by atoms with Crippen LogP contribution in [0.1, 0.15) is 11.1 Å². The molecule has 0 saturated carbocycles. The third kappa shape index (κ3) is 8.52. The van der Waals surface area contributed by atoms with Crippen LogP contribution in [0.2, 0.25) is 5.02 Å². The standard InChI is InChI=1S/C21H22ClN5O2S.C21H23N5O2S/c1-30(28,29)27-8-6-26(7-9-27)13-14-2-5-18-15(10-14)11-20(23-18)21-17-4-3-16(22)12-19(17)24-25-21;1-29(27,28)26-10-8-25(9-11-26)14-15-6-7-18-16(12-15)13-20(22-18)21-17-4-2-3-5-19(17)23-24-21/h2-5,10-12,23H,6-9,13H2,1H3,(H,24,25);2-7,12-13,22H,8-11,14H2,1H3,(H,23,24). The van der Waals surface area contributed by atoms with Crippen LogP contribution in [0.5, 0.6) is 0 Å². The molecule has 0 amide bonds. The maximum atomic E-state index is 11.7. The summed E-state index contributed by atoms with van der Waals surface area (Å²) in [5, 5.41) is 20.2. The van der Waals surface area contributed by atoms with Crippen molar-refractivity contribution in [3.05, 3.63) is 107 Å². The van der Waals surface area contributed by atoms with Gasteiger partial charge in [-0.25, -0.2) is 16.8 Å². The van der Waals surface area contributed by atoms with Crippen molar-refractivity contribution in [3.63, 3.8) is 0 Å². The van der Waals surface area contributed by atoms with Gasteiger partial charge in [-0.15, -0.1) is 0 Å². The highest BCUT2D eigenvalue weighted by molar-refractivity contribution is 7.88. The Balaban J connectivity index is 0.000000152. The predicted octanol–water partition coefficient (Wildman–Crippen LogP) is 6.23. The second-order valence-electron chi connectivity index (χ2n) is 15.5. The third-order valence-electron chi connectivity index (χ3n) is 11.3. The minimum Gasteiger partial charge on any atom is -0.353 e. The number of nitrogens with zero attached hydrogens (tertiary/aromatic N) is 6. The summed E-state index contributed by atoms with van der Waals surface area (Å²) in [6.07, 6.45) is 2.56. The first-order valence-electron chi connectivity index (χ1n) is 19.5. The van der Waals surface area contributed by atoms with Gasteiger partial charge in [0.2, 0.25) is 20.0 Å². The molecular formula is C42H45ClN10O4S2. The zero-order valence-corrected chi connectivity index (χ0v) is 35.1. The van der Waals surface area contributed by atoms with Crippen LogP contribution >= 0.6 is 11.6 Å². The molecule has 0 bridgehead atoms. The van der Waals surface area contributed by atoms with E-state index in [2.05, 4.69) is 94.8 Å². The van der Waals surface area contributed by atoms with Crippen LogP contribution in [0, 0.1) is 0 Å². The average Bonchev–Trinajstić information content (AvgIpc) is 4.02. The molecule has 10 rings (SSSR count). The first kappa shape index (κ1) is 39.4. The molecule has 4 aromatic heterocycles. The van der Waals surface area contributed by atoms with Gasteiger partial charge in [0.15, 0.2) is 0 Å². The number of hydrogen-bond acceptors (Lipinski definition) is 8. The monoisotopic (exact) mass is 852 g/mol. The average molecular weight is 853 g/mol. The lowest BCUT2D eigenvalue weighted by Gasteiger charge is -2.33. The largest absolute Gasteiger partial charge is 0.353 e. The first-order chi connectivity index (χ1) is 28.3. The van der Waals surface area contributed by atoms with Crippen LogP contribution in [-0.4, -0.2) is 130 Å². The van der Waals surface area contributed by atoms with Gasteiger partial charge in [0.1, 0.15) is 11.4 Å². The van der Waals surface area contributed by atoms with E-state index in [9.17, 15) is 16.8 Å². The van der Waals surface area contributed by atoms with Crippen LogP contribution in [0.3, 0.4) is 0 Å². The molecule has 2 fully saturated rings. The molecule has 0 spiro atoms. The van der Waals surface area contributed by atoms with E-state index in [1.807, 2.05) is 36.4 Å². The van der Waals surface area contributed by atoms with Crippen molar-refractivity contribution in [2.24, 2.45) is 0 Å². The van der Waals surface area contributed by atoms with E-state index in [1.54, 1.807) is 8.61 Å². The fourth-order valence-electron chi connectivity index (χ4n) is 8.14. The molecule has 306 valence electrons. The van der Waals surface area contributed by atoms with Crippen molar-refractivity contribution in [1.29, 1.82) is 0 Å². The van der Waals surface area contributed by atoms with E-state index in [0.717, 1.165) is 106 Å². The minimum absolute atomic E-state index is 0.547. The fraction of sp³-hybridized carbons (Fsp3) is 0.286. The molecule has 4 aromatic carbocycles. The van der Waals surface area contributed by atoms with Gasteiger partial charge in [-0.1, -0.05) is 41.9 Å². The van der Waals surface area contributed by atoms with Crippen molar-refractivity contribution < 1.29 is 16.8 Å². The fourth-order valence-corrected chi connectivity index (χ4v) is 9.96. The van der Waals surface area contributed by atoms with Gasteiger partial charge in [0, 0.05) is 103 Å². The molecule has 0 unspecified atom stereocenters. The highest BCUT2D eigenvalue weighted by atomic mass is 35.5. The summed E-state index contributed by atoms with van der Waals surface area (Å²) >= 11 is 6.07. The predicted molar refractivity (Wildman–Crippen MR) is 235 cm³/mol. The van der Waals surface area contributed by atoms with E-state index < -0.39 is 20.0 Å². The number of H-pyrrole nitrogens is 4. The Morgan fingerprint density at radius 3 is 1.53 bits per heavy atom. The Kier molecular flexibility index (Phi) is 10.6. The molecule has 59 heavy (non-hydrogen) atoms. The number of hydrogen-bond donors (Lipinski definition) is 4. The molecule has 14 nitrogen and oxygen atoms in total. The summed E-state index contributed by atoms with van der Waals surface area (Å²) in [6.45, 7) is 6.82. The molecule has 2 aliphatic rings. The Morgan fingerprint density at radius 2 is 1.02 bits per heavy atom. The Bertz CT molecular complexity index is 3030. The molecule has 0 aliphatic carbocycles. The number of benzene rings is 4. The number of sulfonamides is 2. The summed E-state index contributed by atoms with van der Waals surface area (Å²) in [6, 6.07) is 30.9. The summed E-state index contributed by atoms with van der Waals surface area (Å²) in [5.41, 5.74) is 10.3. The number of para-hydroxylation sites is 1. The van der Waals surface area contributed by atoms with Gasteiger partial charge in [0.25, 0.3) is 0 Å². The Morgan fingerprint density at radius 1 is 0.542 bits per heavy atom. The van der Waals surface area contributed by atoms with E-state index in [1.165, 1.54) is 23.6 Å². The number of aromatic amines is 4. The lowest BCUT2D eigenvalue weighted by atomic mass is 10.1. The third-order valence-corrected chi connectivity index (χ3v) is 14.1. The summed E-state index contributed by atoms with van der Waals surface area (Å²) < 4.78 is 49.8. The second kappa shape index (κ2) is 15.8. The van der Waals surface area contributed by atoms with Gasteiger partial charge in [-0.05, 0) is 71.8 Å². The zero-order chi connectivity index (χ0) is 40.9. The molecule has 0 atom stereocenters. The molecule has 4 N–H and O–H groups in total. The van der Waals surface area contributed by atoms with Crippen LogP contribution in [0.15, 0.2) is 91.0 Å². The number of nitrogens with one attached hydrogen (secondary N) is 4. The number of aromatic nitrogens is 6. The van der Waals surface area contributed by atoms with E-state index in [0.29, 0.717) is 31.2 Å². The maximum Gasteiger partial charge on any atom is 0.211 e. The number of rotatable bonds is 8. The second-order valence-corrected chi connectivity index (χ2v) is 19.9. The molecular weight excluding hydrogens is 808 g/mol. The van der Waals surface area contributed by atoms with Crippen molar-refractivity contribution in [3.8, 4) is 22.8 Å². The SMILES string of the molecule is CS(=O)(=O)N1CCN(Cc2ccc3[nH]c(-c4n[nH]c5cc(Cl)ccc45)cc3c2)CC1.CS(=O)(=O)N1CCN(Cc2ccc3[nH]c(-c4n[nH]c5ccccc45)cc3c2)CC1. The first-order valence-corrected chi connectivity index (χ1v) is 23.6. The van der Waals surface area contributed by atoms with Crippen molar-refractivity contribution in [2.45, 2.75) is 13.1 Å². The van der Waals surface area contributed by atoms with Gasteiger partial charge >= 0.3 is 0 Å². The number of piperazine rings is 2. The zero-order valence-electron chi connectivity index (χ0n) is 32.7. The van der Waals surface area contributed by atoms with Crippen LogP contribution in [0.4, 0.5) is 0 Å². The van der Waals surface area contributed by atoms with Crippen LogP contribution in [-0.2, 0) is 33.1 Å².